The Morgan fingerprint density at radius 3 is 1.82 bits per heavy atom. The lowest BCUT2D eigenvalue weighted by Gasteiger charge is -2.61. The molecule has 1 N–H and O–H groups in total. The normalized spacial score (nSPS) is 26.1. The van der Waals surface area contributed by atoms with E-state index in [0.29, 0.717) is 13.2 Å². The van der Waals surface area contributed by atoms with Crippen molar-refractivity contribution in [3.8, 4) is 12.3 Å². The molecule has 0 aliphatic carbocycles. The molecule has 0 bridgehead atoms. The number of rotatable bonds is 9. The van der Waals surface area contributed by atoms with Gasteiger partial charge in [-0.05, 0) is 21.0 Å². The number of ether oxygens (including phenoxy) is 2. The van der Waals surface area contributed by atoms with Gasteiger partial charge in [0.2, 0.25) is 0 Å². The third-order valence-corrected chi connectivity index (χ3v) is 20.4. The van der Waals surface area contributed by atoms with Gasteiger partial charge < -0.3 is 27.9 Å². The van der Waals surface area contributed by atoms with Crippen molar-refractivity contribution in [3.05, 3.63) is 96.6 Å². The number of aliphatic hydroxyl groups excluding tert-OH is 1. The molecule has 0 saturated carbocycles. The fourth-order valence-electron chi connectivity index (χ4n) is 8.17. The van der Waals surface area contributed by atoms with E-state index >= 15 is 0 Å². The first kappa shape index (κ1) is 37.7. The fourth-order valence-corrected chi connectivity index (χ4v) is 17.8. The highest BCUT2D eigenvalue weighted by atomic mass is 28.4. The fraction of sp³-hybridized carbons (Fsp3) is 0.512. The van der Waals surface area contributed by atoms with E-state index in [2.05, 4.69) is 117 Å². The molecule has 2 aliphatic heterocycles. The van der Waals surface area contributed by atoms with E-state index in [1.54, 1.807) is 0 Å². The Morgan fingerprint density at radius 1 is 0.837 bits per heavy atom. The van der Waals surface area contributed by atoms with Gasteiger partial charge in [-0.2, -0.15) is 0 Å². The zero-order chi connectivity index (χ0) is 35.7. The van der Waals surface area contributed by atoms with Gasteiger partial charge in [0, 0.05) is 16.5 Å². The minimum atomic E-state index is -3.18. The third kappa shape index (κ3) is 7.02. The molecule has 8 heteroatoms. The van der Waals surface area contributed by atoms with E-state index in [1.165, 1.54) is 0 Å². The maximum Gasteiger partial charge on any atom is 0.349 e. The van der Waals surface area contributed by atoms with E-state index in [9.17, 15) is 5.11 Å². The topological polar surface area (TPSA) is 66.4 Å². The molecule has 0 radical (unpaired) electrons. The standard InChI is InChI=1S/C41H56O6Si2/c1-11-27-41(30-43-28-31-21-15-12-16-22-31)37(42)36(35-34(45-41)29-44-49(47-35,39(5,6)7)40(8,9)10)46-48(38(2,3)4,32-23-17-13-18-24-32)33-25-19-14-20-26-33/h1,12-26,34-37,42H,27-30H2,2-10H3/t34-,35-,36+,37-,41-/m1/s1. The van der Waals surface area contributed by atoms with Crippen LogP contribution in [0.25, 0.3) is 0 Å². The summed E-state index contributed by atoms with van der Waals surface area (Å²) in [5.41, 5.74) is -0.226. The molecule has 0 spiro atoms. The monoisotopic (exact) mass is 700 g/mol. The van der Waals surface area contributed by atoms with Gasteiger partial charge in [-0.3, -0.25) is 0 Å². The van der Waals surface area contributed by atoms with Crippen LogP contribution in [0.1, 0.15) is 74.3 Å². The second-order valence-corrected chi connectivity index (χ2v) is 25.8. The molecule has 49 heavy (non-hydrogen) atoms. The summed E-state index contributed by atoms with van der Waals surface area (Å²) in [4.78, 5) is 0. The first-order chi connectivity index (χ1) is 23.0. The summed E-state index contributed by atoms with van der Waals surface area (Å²) in [5, 5.41) is 14.2. The molecule has 0 amide bonds. The Balaban J connectivity index is 1.68. The van der Waals surface area contributed by atoms with Crippen molar-refractivity contribution in [1.29, 1.82) is 0 Å². The molecule has 2 aliphatic rings. The summed E-state index contributed by atoms with van der Waals surface area (Å²) in [7, 11) is -6.18. The zero-order valence-corrected chi connectivity index (χ0v) is 32.9. The molecule has 264 valence electrons. The van der Waals surface area contributed by atoms with Crippen LogP contribution in [0.4, 0.5) is 0 Å². The van der Waals surface area contributed by atoms with Gasteiger partial charge in [0.1, 0.15) is 30.0 Å². The number of aliphatic hydroxyl groups is 1. The van der Waals surface area contributed by atoms with Crippen LogP contribution in [0.3, 0.4) is 0 Å². The molecule has 5 atom stereocenters. The average molecular weight is 701 g/mol. The summed E-state index contributed by atoms with van der Waals surface area (Å²) in [6, 6.07) is 31.0. The zero-order valence-electron chi connectivity index (χ0n) is 30.9. The highest BCUT2D eigenvalue weighted by Gasteiger charge is 2.67. The molecular weight excluding hydrogens is 645 g/mol. The van der Waals surface area contributed by atoms with Gasteiger partial charge in [0.15, 0.2) is 0 Å². The van der Waals surface area contributed by atoms with Gasteiger partial charge in [-0.15, -0.1) is 12.3 Å². The maximum absolute atomic E-state index is 12.8. The Kier molecular flexibility index (Phi) is 10.9. The molecular formula is C41H56O6Si2. The number of terminal acetylenes is 1. The third-order valence-electron chi connectivity index (χ3n) is 10.2. The van der Waals surface area contributed by atoms with Crippen molar-refractivity contribution in [3.63, 3.8) is 0 Å². The van der Waals surface area contributed by atoms with Gasteiger partial charge >= 0.3 is 8.56 Å². The van der Waals surface area contributed by atoms with Crippen LogP contribution in [0.2, 0.25) is 15.1 Å². The highest BCUT2D eigenvalue weighted by Crippen LogP contribution is 2.56. The maximum atomic E-state index is 12.8. The molecule has 5 rings (SSSR count). The van der Waals surface area contributed by atoms with E-state index in [4.69, 9.17) is 29.2 Å². The highest BCUT2D eigenvalue weighted by molar-refractivity contribution is 6.99. The number of hydrogen-bond acceptors (Lipinski definition) is 6. The average Bonchev–Trinajstić information content (AvgIpc) is 3.05. The molecule has 6 nitrogen and oxygen atoms in total. The number of hydrogen-bond donors (Lipinski definition) is 1. The summed E-state index contributed by atoms with van der Waals surface area (Å²) in [6.07, 6.45) is 3.10. The Hall–Kier alpha value is -2.59. The number of benzene rings is 3. The summed E-state index contributed by atoms with van der Waals surface area (Å²) >= 11 is 0. The first-order valence-electron chi connectivity index (χ1n) is 17.5. The Labute approximate surface area is 296 Å². The van der Waals surface area contributed by atoms with E-state index in [0.717, 1.165) is 15.9 Å². The molecule has 0 aromatic heterocycles. The molecule has 3 aromatic rings. The SMILES string of the molecule is C#CC[C@]1(COCc2ccccc2)O[C@@H]2CO[Si](C(C)(C)C)(C(C)(C)C)O[C@H]2[C@H](O[Si](c2ccccc2)(c2ccccc2)C(C)(C)C)[C@H]1O. The van der Waals surface area contributed by atoms with Crippen LogP contribution in [-0.4, -0.2) is 65.2 Å². The Bertz CT molecular complexity index is 1500. The van der Waals surface area contributed by atoms with E-state index in [-0.39, 0.29) is 28.1 Å². The summed E-state index contributed by atoms with van der Waals surface area (Å²) in [6.45, 7) is 20.7. The lowest BCUT2D eigenvalue weighted by Crippen LogP contribution is -2.78. The summed E-state index contributed by atoms with van der Waals surface area (Å²) < 4.78 is 35.4. The van der Waals surface area contributed by atoms with Crippen molar-refractivity contribution >= 4 is 27.3 Å². The largest absolute Gasteiger partial charge is 0.399 e. The minimum Gasteiger partial charge on any atom is -0.399 e. The van der Waals surface area contributed by atoms with Crippen LogP contribution in [0.15, 0.2) is 91.0 Å². The molecule has 2 heterocycles. The van der Waals surface area contributed by atoms with E-state index < -0.39 is 46.9 Å². The van der Waals surface area contributed by atoms with Gasteiger partial charge in [-0.25, -0.2) is 0 Å². The van der Waals surface area contributed by atoms with Crippen molar-refractivity contribution in [2.45, 2.75) is 120 Å². The van der Waals surface area contributed by atoms with Crippen molar-refractivity contribution in [2.24, 2.45) is 0 Å². The minimum absolute atomic E-state index is 0.0815. The predicted molar refractivity (Wildman–Crippen MR) is 202 cm³/mol. The quantitative estimate of drug-likeness (QED) is 0.189. The number of fused-ring (bicyclic) bond motifs is 1. The molecule has 2 fully saturated rings. The second kappa shape index (κ2) is 14.2. The van der Waals surface area contributed by atoms with Crippen molar-refractivity contribution < 1.29 is 27.9 Å². The molecule has 2 saturated heterocycles. The van der Waals surface area contributed by atoms with Crippen LogP contribution in [0.5, 0.6) is 0 Å². The van der Waals surface area contributed by atoms with Crippen molar-refractivity contribution in [2.75, 3.05) is 13.2 Å². The van der Waals surface area contributed by atoms with Crippen LogP contribution in [-0.2, 0) is 29.4 Å². The first-order valence-corrected chi connectivity index (χ1v) is 21.3. The molecule has 0 unspecified atom stereocenters. The van der Waals surface area contributed by atoms with Gasteiger partial charge in [0.25, 0.3) is 8.32 Å². The smallest absolute Gasteiger partial charge is 0.349 e. The lowest BCUT2D eigenvalue weighted by molar-refractivity contribution is -0.291. The van der Waals surface area contributed by atoms with Crippen LogP contribution >= 0.6 is 0 Å². The van der Waals surface area contributed by atoms with Crippen LogP contribution in [0, 0.1) is 12.3 Å². The van der Waals surface area contributed by atoms with Gasteiger partial charge in [0.05, 0.1) is 19.8 Å². The van der Waals surface area contributed by atoms with E-state index in [1.807, 2.05) is 42.5 Å². The molecule has 3 aromatic carbocycles. The summed E-state index contributed by atoms with van der Waals surface area (Å²) in [5.74, 6) is 2.81. The Morgan fingerprint density at radius 2 is 1.35 bits per heavy atom. The predicted octanol–water partition coefficient (Wildman–Crippen LogP) is 7.13. The van der Waals surface area contributed by atoms with Crippen molar-refractivity contribution in [1.82, 2.24) is 0 Å². The second-order valence-electron chi connectivity index (χ2n) is 16.8. The lowest BCUT2D eigenvalue weighted by atomic mass is 9.83. The van der Waals surface area contributed by atoms with Gasteiger partial charge in [-0.1, -0.05) is 153 Å². The van der Waals surface area contributed by atoms with Crippen LogP contribution < -0.4 is 10.4 Å².